The van der Waals surface area contributed by atoms with E-state index >= 15 is 0 Å². The van der Waals surface area contributed by atoms with E-state index in [0.717, 1.165) is 12.8 Å². The van der Waals surface area contributed by atoms with E-state index in [1.807, 2.05) is 6.92 Å². The number of carbonyl (C=O) groups is 1. The van der Waals surface area contributed by atoms with Crippen molar-refractivity contribution < 1.29 is 28.5 Å². The zero-order valence-corrected chi connectivity index (χ0v) is 13.7. The third-order valence-corrected chi connectivity index (χ3v) is 3.22. The molecule has 0 aliphatic heterocycles. The molecule has 2 aromatic rings. The molecule has 0 amide bonds. The average molecular weight is 336 g/mol. The van der Waals surface area contributed by atoms with Crippen LogP contribution in [0, 0.1) is 0 Å². The Morgan fingerprint density at radius 2 is 2.00 bits per heavy atom. The van der Waals surface area contributed by atoms with Gasteiger partial charge >= 0.3 is 11.6 Å². The van der Waals surface area contributed by atoms with Crippen LogP contribution in [0.25, 0.3) is 11.0 Å². The maximum absolute atomic E-state index is 11.9. The van der Waals surface area contributed by atoms with E-state index in [-0.39, 0.29) is 35.7 Å². The topological polar surface area (TPSA) is 95.2 Å². The average Bonchev–Trinajstić information content (AvgIpc) is 2.54. The molecule has 2 rings (SSSR count). The Balaban J connectivity index is 2.29. The number of aromatic hydroxyl groups is 1. The number of ether oxygens (including phenoxy) is 3. The van der Waals surface area contributed by atoms with Crippen LogP contribution in [-0.2, 0) is 9.53 Å². The molecule has 0 unspecified atom stereocenters. The predicted molar refractivity (Wildman–Crippen MR) is 86.7 cm³/mol. The molecular formula is C17H20O7. The van der Waals surface area contributed by atoms with Crippen LogP contribution in [0.15, 0.2) is 27.4 Å². The fourth-order valence-electron chi connectivity index (χ4n) is 2.09. The van der Waals surface area contributed by atoms with Crippen molar-refractivity contribution in [3.63, 3.8) is 0 Å². The third kappa shape index (κ3) is 4.18. The minimum absolute atomic E-state index is 0.0725. The number of esters is 1. The van der Waals surface area contributed by atoms with Gasteiger partial charge in [-0.25, -0.2) is 4.79 Å². The summed E-state index contributed by atoms with van der Waals surface area (Å²) < 4.78 is 20.8. The van der Waals surface area contributed by atoms with E-state index in [1.165, 1.54) is 6.92 Å². The molecule has 0 saturated carbocycles. The molecule has 0 bridgehead atoms. The summed E-state index contributed by atoms with van der Waals surface area (Å²) in [6.45, 7) is 3.77. The van der Waals surface area contributed by atoms with Crippen LogP contribution in [0.1, 0.15) is 26.7 Å². The van der Waals surface area contributed by atoms with Gasteiger partial charge in [-0.05, 0) is 18.6 Å². The monoisotopic (exact) mass is 336 g/mol. The fourth-order valence-corrected chi connectivity index (χ4v) is 2.09. The summed E-state index contributed by atoms with van der Waals surface area (Å²) in [6, 6.07) is 4.79. The van der Waals surface area contributed by atoms with Crippen LogP contribution in [0.4, 0.5) is 0 Å². The smallest absolute Gasteiger partial charge is 0.383 e. The normalized spacial score (nSPS) is 10.6. The largest absolute Gasteiger partial charge is 0.503 e. The molecule has 0 spiro atoms. The molecule has 1 aromatic heterocycles. The second-order valence-corrected chi connectivity index (χ2v) is 5.09. The first-order valence-corrected chi connectivity index (χ1v) is 7.72. The maximum atomic E-state index is 11.9. The van der Waals surface area contributed by atoms with Crippen LogP contribution in [0.5, 0.6) is 17.2 Å². The van der Waals surface area contributed by atoms with Crippen LogP contribution in [0.3, 0.4) is 0 Å². The van der Waals surface area contributed by atoms with E-state index < -0.39 is 11.6 Å². The zero-order chi connectivity index (χ0) is 17.5. The highest BCUT2D eigenvalue weighted by molar-refractivity contribution is 5.91. The Morgan fingerprint density at radius 1 is 1.21 bits per heavy atom. The van der Waals surface area contributed by atoms with Crippen molar-refractivity contribution in [2.24, 2.45) is 0 Å². The summed E-state index contributed by atoms with van der Waals surface area (Å²) in [7, 11) is 0. The number of carbonyl (C=O) groups excluding carboxylic acids is 1. The standard InChI is InChI=1S/C17H20O7/c1-3-4-8-23-16-15(19)14-12(22-10-9-21-11(2)18)6-5-7-13(14)24-17(16)20/h5-7,19H,3-4,8-10H2,1-2H3. The molecule has 0 radical (unpaired) electrons. The quantitative estimate of drug-likeness (QED) is 0.450. The molecular weight excluding hydrogens is 316 g/mol. The van der Waals surface area contributed by atoms with Gasteiger partial charge in [0.25, 0.3) is 0 Å². The molecule has 1 aromatic carbocycles. The lowest BCUT2D eigenvalue weighted by atomic mass is 10.2. The van der Waals surface area contributed by atoms with Crippen LogP contribution >= 0.6 is 0 Å². The Kier molecular flexibility index (Phi) is 6.06. The second-order valence-electron chi connectivity index (χ2n) is 5.09. The van der Waals surface area contributed by atoms with Gasteiger partial charge in [0, 0.05) is 6.92 Å². The summed E-state index contributed by atoms with van der Waals surface area (Å²) in [4.78, 5) is 22.7. The van der Waals surface area contributed by atoms with Crippen molar-refractivity contribution in [1.29, 1.82) is 0 Å². The van der Waals surface area contributed by atoms with Crippen molar-refractivity contribution in [1.82, 2.24) is 0 Å². The van der Waals surface area contributed by atoms with Gasteiger partial charge in [0.05, 0.1) is 6.61 Å². The van der Waals surface area contributed by atoms with Crippen LogP contribution < -0.4 is 15.1 Å². The maximum Gasteiger partial charge on any atom is 0.383 e. The van der Waals surface area contributed by atoms with Gasteiger partial charge in [0.2, 0.25) is 5.75 Å². The van der Waals surface area contributed by atoms with Crippen LogP contribution in [0.2, 0.25) is 0 Å². The minimum atomic E-state index is -0.742. The molecule has 7 nitrogen and oxygen atoms in total. The lowest BCUT2D eigenvalue weighted by Crippen LogP contribution is -2.11. The highest BCUT2D eigenvalue weighted by atomic mass is 16.6. The lowest BCUT2D eigenvalue weighted by molar-refractivity contribution is -0.141. The molecule has 0 aliphatic carbocycles. The minimum Gasteiger partial charge on any atom is -0.503 e. The first kappa shape index (κ1) is 17.7. The molecule has 24 heavy (non-hydrogen) atoms. The Morgan fingerprint density at radius 3 is 2.71 bits per heavy atom. The summed E-state index contributed by atoms with van der Waals surface area (Å²) in [6.07, 6.45) is 1.64. The predicted octanol–water partition coefficient (Wildman–Crippen LogP) is 2.62. The van der Waals surface area contributed by atoms with Gasteiger partial charge in [-0.2, -0.15) is 0 Å². The first-order valence-electron chi connectivity index (χ1n) is 7.72. The van der Waals surface area contributed by atoms with Gasteiger partial charge in [0.15, 0.2) is 5.75 Å². The number of hydrogen-bond donors (Lipinski definition) is 1. The van der Waals surface area contributed by atoms with E-state index in [4.69, 9.17) is 18.6 Å². The Hall–Kier alpha value is -2.70. The highest BCUT2D eigenvalue weighted by Gasteiger charge is 2.18. The zero-order valence-electron chi connectivity index (χ0n) is 13.7. The second kappa shape index (κ2) is 8.24. The molecule has 1 heterocycles. The number of rotatable bonds is 8. The van der Waals surface area contributed by atoms with E-state index in [2.05, 4.69) is 0 Å². The fraction of sp³-hybridized carbons (Fsp3) is 0.412. The molecule has 0 aliphatic rings. The van der Waals surface area contributed by atoms with Gasteiger partial charge in [-0.15, -0.1) is 0 Å². The molecule has 1 N–H and O–H groups in total. The molecule has 7 heteroatoms. The molecule has 0 fully saturated rings. The molecule has 130 valence electrons. The Bertz CT molecular complexity index is 763. The van der Waals surface area contributed by atoms with Gasteiger partial charge in [-0.3, -0.25) is 4.79 Å². The van der Waals surface area contributed by atoms with Crippen molar-refractivity contribution in [3.8, 4) is 17.2 Å². The Labute approximate surface area is 138 Å². The molecule has 0 atom stereocenters. The number of benzene rings is 1. The highest BCUT2D eigenvalue weighted by Crippen LogP contribution is 2.37. The van der Waals surface area contributed by atoms with E-state index in [1.54, 1.807) is 18.2 Å². The van der Waals surface area contributed by atoms with Crippen molar-refractivity contribution in [2.45, 2.75) is 26.7 Å². The number of hydrogen-bond acceptors (Lipinski definition) is 7. The van der Waals surface area contributed by atoms with Gasteiger partial charge in [0.1, 0.15) is 29.9 Å². The SMILES string of the molecule is CCCCOc1c(O)c2c(OCCOC(C)=O)cccc2oc1=O. The summed E-state index contributed by atoms with van der Waals surface area (Å²) >= 11 is 0. The lowest BCUT2D eigenvalue weighted by Gasteiger charge is -2.12. The summed E-state index contributed by atoms with van der Waals surface area (Å²) in [5.41, 5.74) is -0.557. The summed E-state index contributed by atoms with van der Waals surface area (Å²) in [5.74, 6) is -0.648. The van der Waals surface area contributed by atoms with E-state index in [0.29, 0.717) is 12.4 Å². The number of unbranched alkanes of at least 4 members (excludes halogenated alkanes) is 1. The van der Waals surface area contributed by atoms with Crippen molar-refractivity contribution in [2.75, 3.05) is 19.8 Å². The van der Waals surface area contributed by atoms with Crippen molar-refractivity contribution in [3.05, 3.63) is 28.6 Å². The number of fused-ring (bicyclic) bond motifs is 1. The van der Waals surface area contributed by atoms with Crippen molar-refractivity contribution >= 4 is 16.9 Å². The third-order valence-electron chi connectivity index (χ3n) is 3.22. The first-order chi connectivity index (χ1) is 11.5. The van der Waals surface area contributed by atoms with Gasteiger partial charge in [-0.1, -0.05) is 19.4 Å². The van der Waals surface area contributed by atoms with Crippen LogP contribution in [-0.4, -0.2) is 30.9 Å². The molecule has 0 saturated heterocycles. The van der Waals surface area contributed by atoms with Gasteiger partial charge < -0.3 is 23.7 Å². The summed E-state index contributed by atoms with van der Waals surface area (Å²) in [5, 5.41) is 10.6. The van der Waals surface area contributed by atoms with E-state index in [9.17, 15) is 14.7 Å².